The minimum atomic E-state index is -0.264. The van der Waals surface area contributed by atoms with Gasteiger partial charge < -0.3 is 10.1 Å². The molecule has 1 amide bonds. The Hall–Kier alpha value is -3.94. The number of anilines is 1. The van der Waals surface area contributed by atoms with Crippen molar-refractivity contribution in [2.24, 2.45) is 0 Å². The van der Waals surface area contributed by atoms with E-state index in [0.29, 0.717) is 29.3 Å². The molecule has 0 saturated heterocycles. The van der Waals surface area contributed by atoms with E-state index in [2.05, 4.69) is 15.3 Å². The first kappa shape index (κ1) is 22.3. The number of carbonyl (C=O) groups excluding carboxylic acids is 1. The summed E-state index contributed by atoms with van der Waals surface area (Å²) in [6, 6.07) is 18.5. The maximum atomic E-state index is 13.0. The number of fused-ring (bicyclic) bond motifs is 1. The smallest absolute Gasteiger partial charge is 0.274 e. The lowest BCUT2D eigenvalue weighted by molar-refractivity contribution is -0.117. The van der Waals surface area contributed by atoms with Crippen LogP contribution in [0.25, 0.3) is 5.78 Å². The quantitative estimate of drug-likeness (QED) is 0.439. The molecule has 4 rings (SSSR count). The van der Waals surface area contributed by atoms with Gasteiger partial charge in [0, 0.05) is 12.1 Å². The summed E-state index contributed by atoms with van der Waals surface area (Å²) in [6.07, 6.45) is 2.27. The van der Waals surface area contributed by atoms with Crippen LogP contribution in [0.5, 0.6) is 5.75 Å². The molecule has 0 aliphatic carbocycles. The molecule has 1 atom stereocenters. The summed E-state index contributed by atoms with van der Waals surface area (Å²) in [5, 5.41) is 2.99. The molecule has 8 heteroatoms. The summed E-state index contributed by atoms with van der Waals surface area (Å²) >= 11 is 0. The maximum Gasteiger partial charge on any atom is 0.274 e. The van der Waals surface area contributed by atoms with Crippen LogP contribution in [0.4, 0.5) is 5.69 Å². The molecule has 2 aromatic heterocycles. The van der Waals surface area contributed by atoms with Crippen LogP contribution >= 0.6 is 0 Å². The third kappa shape index (κ3) is 4.79. The number of aromatic nitrogens is 4. The van der Waals surface area contributed by atoms with Crippen LogP contribution in [0.15, 0.2) is 71.8 Å². The number of hydrogen-bond donors (Lipinski definition) is 1. The van der Waals surface area contributed by atoms with Gasteiger partial charge in [0.1, 0.15) is 18.7 Å². The number of nitrogens with one attached hydrogen (secondary N) is 1. The fourth-order valence-corrected chi connectivity index (χ4v) is 3.74. The topological polar surface area (TPSA) is 90.5 Å². The van der Waals surface area contributed by atoms with Crippen molar-refractivity contribution in [2.75, 3.05) is 5.32 Å². The Bertz CT molecular complexity index is 1310. The van der Waals surface area contributed by atoms with Crippen molar-refractivity contribution >= 4 is 17.4 Å². The van der Waals surface area contributed by atoms with Gasteiger partial charge in [-0.3, -0.25) is 14.3 Å². The number of rotatable bonds is 8. The van der Waals surface area contributed by atoms with E-state index >= 15 is 0 Å². The molecule has 0 bridgehead atoms. The third-order valence-corrected chi connectivity index (χ3v) is 5.43. The number of carbonyl (C=O) groups is 1. The molecule has 0 aliphatic rings. The van der Waals surface area contributed by atoms with Gasteiger partial charge in [0.25, 0.3) is 11.3 Å². The van der Waals surface area contributed by atoms with E-state index in [9.17, 15) is 9.59 Å². The molecule has 0 saturated carbocycles. The number of nitrogens with zero attached hydrogens (tertiary/aromatic N) is 4. The zero-order valence-corrected chi connectivity index (χ0v) is 18.9. The van der Waals surface area contributed by atoms with Crippen LogP contribution in [0.2, 0.25) is 0 Å². The highest BCUT2D eigenvalue weighted by Crippen LogP contribution is 2.27. The van der Waals surface area contributed by atoms with Crippen molar-refractivity contribution in [1.82, 2.24) is 19.2 Å². The summed E-state index contributed by atoms with van der Waals surface area (Å²) in [6.45, 7) is 6.00. The third-order valence-electron chi connectivity index (χ3n) is 5.43. The predicted octanol–water partition coefficient (Wildman–Crippen LogP) is 4.18. The fraction of sp³-hybridized carbons (Fsp3) is 0.280. The molecular weight excluding hydrogens is 418 g/mol. The highest BCUT2D eigenvalue weighted by atomic mass is 16.5. The molecule has 0 aliphatic heterocycles. The molecule has 0 radical (unpaired) electrons. The summed E-state index contributed by atoms with van der Waals surface area (Å²) in [7, 11) is 0. The van der Waals surface area contributed by atoms with Gasteiger partial charge in [-0.05, 0) is 38.0 Å². The largest absolute Gasteiger partial charge is 0.485 e. The van der Waals surface area contributed by atoms with Gasteiger partial charge >= 0.3 is 0 Å². The number of para-hydroxylation sites is 2. The average Bonchev–Trinajstić information content (AvgIpc) is 3.25. The van der Waals surface area contributed by atoms with Gasteiger partial charge in [-0.25, -0.2) is 4.98 Å². The summed E-state index contributed by atoms with van der Waals surface area (Å²) in [5.74, 6) is 0.463. The normalized spacial score (nSPS) is 12.1. The van der Waals surface area contributed by atoms with E-state index in [0.717, 1.165) is 5.56 Å². The van der Waals surface area contributed by atoms with Gasteiger partial charge in [-0.15, -0.1) is 0 Å². The van der Waals surface area contributed by atoms with Crippen molar-refractivity contribution < 1.29 is 9.53 Å². The van der Waals surface area contributed by atoms with Crippen LogP contribution in [0.1, 0.15) is 50.4 Å². The highest BCUT2D eigenvalue weighted by Gasteiger charge is 2.20. The molecular formula is C25H27N5O3. The Labute approximate surface area is 191 Å². The lowest BCUT2D eigenvalue weighted by atomic mass is 9.95. The second kappa shape index (κ2) is 9.68. The first-order chi connectivity index (χ1) is 16.0. The minimum absolute atomic E-state index is 0.0725. The molecule has 2 aromatic carbocycles. The molecule has 8 nitrogen and oxygen atoms in total. The van der Waals surface area contributed by atoms with E-state index in [4.69, 9.17) is 4.74 Å². The first-order valence-electron chi connectivity index (χ1n) is 11.0. The van der Waals surface area contributed by atoms with Crippen molar-refractivity contribution in [1.29, 1.82) is 0 Å². The second-order valence-corrected chi connectivity index (χ2v) is 8.06. The molecule has 1 N–H and O–H groups in total. The Balaban J connectivity index is 1.51. The minimum Gasteiger partial charge on any atom is -0.485 e. The van der Waals surface area contributed by atoms with Crippen LogP contribution in [0, 0.1) is 0 Å². The first-order valence-corrected chi connectivity index (χ1v) is 11.0. The van der Waals surface area contributed by atoms with Gasteiger partial charge in [-0.1, -0.05) is 49.4 Å². The molecule has 2 heterocycles. The standard InChI is InChI=1S/C25H27N5O3/c1-4-20(18-10-6-5-7-11-18)24(32)28-21-12-8-9-13-22(21)33-15-19-14-23(31)30-25(27-19)26-16-29(30)17(2)3/h5-14,16-17,20H,4,15H2,1-3H3,(H,28,32)/t20-/m1/s1. The molecule has 4 aromatic rings. The van der Waals surface area contributed by atoms with E-state index in [-0.39, 0.29) is 30.0 Å². The zero-order valence-electron chi connectivity index (χ0n) is 18.9. The molecule has 0 fully saturated rings. The predicted molar refractivity (Wildman–Crippen MR) is 127 cm³/mol. The SMILES string of the molecule is CC[C@@H](C(=O)Nc1ccccc1OCc1cc(=O)n2c(ncn2C(C)C)n1)c1ccccc1. The van der Waals surface area contributed by atoms with E-state index in [1.54, 1.807) is 23.1 Å². The van der Waals surface area contributed by atoms with Crippen molar-refractivity contribution in [3.63, 3.8) is 0 Å². The van der Waals surface area contributed by atoms with Gasteiger partial charge in [0.2, 0.25) is 5.91 Å². The maximum absolute atomic E-state index is 13.0. The number of benzene rings is 2. The van der Waals surface area contributed by atoms with Crippen molar-refractivity contribution in [2.45, 2.75) is 45.8 Å². The Morgan fingerprint density at radius 1 is 1.09 bits per heavy atom. The van der Waals surface area contributed by atoms with Gasteiger partial charge in [-0.2, -0.15) is 9.50 Å². The summed E-state index contributed by atoms with van der Waals surface area (Å²) < 4.78 is 9.12. The number of amides is 1. The van der Waals surface area contributed by atoms with E-state index in [1.807, 2.05) is 63.2 Å². The monoisotopic (exact) mass is 445 g/mol. The van der Waals surface area contributed by atoms with Gasteiger partial charge in [0.05, 0.1) is 17.3 Å². The van der Waals surface area contributed by atoms with Crippen molar-refractivity contribution in [3.8, 4) is 5.75 Å². The fourth-order valence-electron chi connectivity index (χ4n) is 3.74. The summed E-state index contributed by atoms with van der Waals surface area (Å²) in [4.78, 5) is 34.3. The van der Waals surface area contributed by atoms with Crippen molar-refractivity contribution in [3.05, 3.63) is 88.6 Å². The van der Waals surface area contributed by atoms with Crippen LogP contribution in [-0.2, 0) is 11.4 Å². The van der Waals surface area contributed by atoms with E-state index in [1.165, 1.54) is 10.6 Å². The summed E-state index contributed by atoms with van der Waals surface area (Å²) in [5.41, 5.74) is 1.78. The lowest BCUT2D eigenvalue weighted by Gasteiger charge is -2.17. The molecule has 33 heavy (non-hydrogen) atoms. The zero-order chi connectivity index (χ0) is 23.4. The lowest BCUT2D eigenvalue weighted by Crippen LogP contribution is -2.23. The van der Waals surface area contributed by atoms with Crippen LogP contribution < -0.4 is 15.6 Å². The second-order valence-electron chi connectivity index (χ2n) is 8.06. The molecule has 170 valence electrons. The van der Waals surface area contributed by atoms with E-state index < -0.39 is 0 Å². The van der Waals surface area contributed by atoms with Crippen LogP contribution in [0.3, 0.4) is 0 Å². The van der Waals surface area contributed by atoms with Gasteiger partial charge in [0.15, 0.2) is 0 Å². The molecule has 0 spiro atoms. The Morgan fingerprint density at radius 2 is 1.82 bits per heavy atom. The number of hydrogen-bond acceptors (Lipinski definition) is 5. The Kier molecular flexibility index (Phi) is 6.53. The number of ether oxygens (including phenoxy) is 1. The average molecular weight is 446 g/mol. The van der Waals surface area contributed by atoms with Crippen LogP contribution in [-0.4, -0.2) is 25.1 Å². The Morgan fingerprint density at radius 3 is 2.55 bits per heavy atom. The molecule has 0 unspecified atom stereocenters. The highest BCUT2D eigenvalue weighted by molar-refractivity contribution is 5.97.